The standard InChI is InChI=1S/C9H7FN2O2/c1-5-2-6(10)8-11-7(9(13)14)4-12(8)3-5/h2-4H,1H3,(H,13,14). The number of pyridine rings is 1. The van der Waals surface area contributed by atoms with E-state index in [1.54, 1.807) is 13.1 Å². The highest BCUT2D eigenvalue weighted by atomic mass is 19.1. The normalized spacial score (nSPS) is 10.7. The first-order valence-electron chi connectivity index (χ1n) is 3.96. The number of imidazole rings is 1. The molecule has 0 amide bonds. The maximum atomic E-state index is 13.2. The second-order valence-electron chi connectivity index (χ2n) is 3.03. The van der Waals surface area contributed by atoms with Gasteiger partial charge in [0.25, 0.3) is 0 Å². The van der Waals surface area contributed by atoms with Crippen molar-refractivity contribution >= 4 is 11.6 Å². The van der Waals surface area contributed by atoms with Crippen LogP contribution in [0, 0.1) is 12.7 Å². The Kier molecular flexibility index (Phi) is 1.73. The van der Waals surface area contributed by atoms with Gasteiger partial charge >= 0.3 is 5.97 Å². The number of halogens is 1. The Labute approximate surface area is 78.6 Å². The van der Waals surface area contributed by atoms with E-state index < -0.39 is 11.8 Å². The zero-order chi connectivity index (χ0) is 10.3. The Morgan fingerprint density at radius 1 is 1.57 bits per heavy atom. The van der Waals surface area contributed by atoms with Gasteiger partial charge in [-0.1, -0.05) is 0 Å². The van der Waals surface area contributed by atoms with Crippen molar-refractivity contribution in [3.8, 4) is 0 Å². The molecule has 4 nitrogen and oxygen atoms in total. The average molecular weight is 194 g/mol. The summed E-state index contributed by atoms with van der Waals surface area (Å²) in [4.78, 5) is 14.2. The molecule has 5 heteroatoms. The lowest BCUT2D eigenvalue weighted by molar-refractivity contribution is 0.0691. The van der Waals surface area contributed by atoms with E-state index in [4.69, 9.17) is 5.11 Å². The molecule has 2 aromatic rings. The number of nitrogens with zero attached hydrogens (tertiary/aromatic N) is 2. The van der Waals surface area contributed by atoms with Crippen molar-refractivity contribution in [2.45, 2.75) is 6.92 Å². The fourth-order valence-corrected chi connectivity index (χ4v) is 1.29. The van der Waals surface area contributed by atoms with E-state index in [1.165, 1.54) is 16.7 Å². The monoisotopic (exact) mass is 194 g/mol. The first-order valence-corrected chi connectivity index (χ1v) is 3.96. The summed E-state index contributed by atoms with van der Waals surface area (Å²) in [6.45, 7) is 1.73. The lowest BCUT2D eigenvalue weighted by Crippen LogP contribution is -1.95. The van der Waals surface area contributed by atoms with Crippen LogP contribution in [0.3, 0.4) is 0 Å². The van der Waals surface area contributed by atoms with Crippen molar-refractivity contribution in [1.29, 1.82) is 0 Å². The molecule has 0 saturated carbocycles. The van der Waals surface area contributed by atoms with Gasteiger partial charge in [-0.3, -0.25) is 0 Å². The molecule has 0 aliphatic heterocycles. The summed E-state index contributed by atoms with van der Waals surface area (Å²) in [6.07, 6.45) is 2.91. The lowest BCUT2D eigenvalue weighted by Gasteiger charge is -1.96. The van der Waals surface area contributed by atoms with Gasteiger partial charge in [-0.05, 0) is 18.6 Å². The molecule has 0 fully saturated rings. The summed E-state index contributed by atoms with van der Waals surface area (Å²) in [7, 11) is 0. The van der Waals surface area contributed by atoms with Crippen molar-refractivity contribution in [1.82, 2.24) is 9.38 Å². The quantitative estimate of drug-likeness (QED) is 0.748. The van der Waals surface area contributed by atoms with Gasteiger partial charge in [0, 0.05) is 12.4 Å². The fraction of sp³-hybridized carbons (Fsp3) is 0.111. The average Bonchev–Trinajstić information content (AvgIpc) is 2.47. The molecule has 0 bridgehead atoms. The van der Waals surface area contributed by atoms with Crippen LogP contribution in [0.4, 0.5) is 4.39 Å². The Morgan fingerprint density at radius 3 is 2.93 bits per heavy atom. The molecule has 14 heavy (non-hydrogen) atoms. The molecule has 0 spiro atoms. The third-order valence-corrected chi connectivity index (χ3v) is 1.86. The van der Waals surface area contributed by atoms with E-state index in [0.29, 0.717) is 5.56 Å². The molecule has 0 saturated heterocycles. The lowest BCUT2D eigenvalue weighted by atomic mass is 10.3. The third kappa shape index (κ3) is 1.22. The summed E-state index contributed by atoms with van der Waals surface area (Å²) < 4.78 is 14.6. The second kappa shape index (κ2) is 2.80. The molecule has 0 aliphatic carbocycles. The minimum Gasteiger partial charge on any atom is -0.476 e. The zero-order valence-corrected chi connectivity index (χ0v) is 7.36. The predicted octanol–water partition coefficient (Wildman–Crippen LogP) is 1.48. The van der Waals surface area contributed by atoms with Crippen LogP contribution < -0.4 is 0 Å². The number of rotatable bonds is 1. The Bertz CT molecular complexity index is 519. The largest absolute Gasteiger partial charge is 0.476 e. The molecule has 0 radical (unpaired) electrons. The van der Waals surface area contributed by atoms with Crippen LogP contribution in [0.25, 0.3) is 5.65 Å². The number of fused-ring (bicyclic) bond motifs is 1. The third-order valence-electron chi connectivity index (χ3n) is 1.86. The predicted molar refractivity (Wildman–Crippen MR) is 46.8 cm³/mol. The van der Waals surface area contributed by atoms with Crippen LogP contribution in [0.15, 0.2) is 18.5 Å². The summed E-state index contributed by atoms with van der Waals surface area (Å²) in [5, 5.41) is 8.65. The second-order valence-corrected chi connectivity index (χ2v) is 3.03. The topological polar surface area (TPSA) is 54.6 Å². The van der Waals surface area contributed by atoms with Gasteiger partial charge in [0.05, 0.1) is 0 Å². The summed E-state index contributed by atoms with van der Waals surface area (Å²) in [5.74, 6) is -1.68. The molecule has 1 N–H and O–H groups in total. The molecule has 2 aromatic heterocycles. The first-order chi connectivity index (χ1) is 6.58. The molecule has 0 aromatic carbocycles. The number of carboxylic acids is 1. The minimum absolute atomic E-state index is 0.0352. The highest BCUT2D eigenvalue weighted by Gasteiger charge is 2.11. The molecule has 0 atom stereocenters. The Balaban J connectivity index is 2.76. The number of hydrogen-bond acceptors (Lipinski definition) is 2. The molecule has 2 rings (SSSR count). The van der Waals surface area contributed by atoms with Gasteiger partial charge in [-0.2, -0.15) is 0 Å². The first kappa shape index (κ1) is 8.68. The van der Waals surface area contributed by atoms with Gasteiger partial charge in [0.2, 0.25) is 0 Å². The van der Waals surface area contributed by atoms with E-state index in [2.05, 4.69) is 4.98 Å². The Morgan fingerprint density at radius 2 is 2.29 bits per heavy atom. The van der Waals surface area contributed by atoms with Gasteiger partial charge in [0.15, 0.2) is 17.2 Å². The maximum absolute atomic E-state index is 13.2. The number of aromatic nitrogens is 2. The minimum atomic E-state index is -1.16. The number of hydrogen-bond donors (Lipinski definition) is 1. The van der Waals surface area contributed by atoms with Crippen LogP contribution in [-0.4, -0.2) is 20.5 Å². The number of carboxylic acid groups (broad SMARTS) is 1. The van der Waals surface area contributed by atoms with Crippen LogP contribution in [0.5, 0.6) is 0 Å². The van der Waals surface area contributed by atoms with E-state index >= 15 is 0 Å². The van der Waals surface area contributed by atoms with Crippen molar-refractivity contribution in [2.75, 3.05) is 0 Å². The van der Waals surface area contributed by atoms with Crippen LogP contribution in [0.2, 0.25) is 0 Å². The maximum Gasteiger partial charge on any atom is 0.356 e. The summed E-state index contributed by atoms with van der Waals surface area (Å²) in [5.41, 5.74) is 0.590. The molecule has 2 heterocycles. The van der Waals surface area contributed by atoms with E-state index in [-0.39, 0.29) is 11.3 Å². The van der Waals surface area contributed by atoms with Crippen molar-refractivity contribution in [3.05, 3.63) is 35.5 Å². The van der Waals surface area contributed by atoms with Gasteiger partial charge in [-0.15, -0.1) is 0 Å². The molecular formula is C9H7FN2O2. The van der Waals surface area contributed by atoms with E-state index in [1.807, 2.05) is 0 Å². The summed E-state index contributed by atoms with van der Waals surface area (Å²) >= 11 is 0. The molecule has 0 aliphatic rings. The highest BCUT2D eigenvalue weighted by Crippen LogP contribution is 2.11. The van der Waals surface area contributed by atoms with Gasteiger partial charge < -0.3 is 9.51 Å². The molecule has 72 valence electrons. The number of aryl methyl sites for hydroxylation is 1. The number of aromatic carboxylic acids is 1. The molecular weight excluding hydrogens is 187 g/mol. The Hall–Kier alpha value is -1.91. The van der Waals surface area contributed by atoms with Crippen LogP contribution in [0.1, 0.15) is 16.1 Å². The summed E-state index contributed by atoms with van der Waals surface area (Å²) in [6, 6.07) is 1.31. The van der Waals surface area contributed by atoms with E-state index in [9.17, 15) is 9.18 Å². The van der Waals surface area contributed by atoms with E-state index in [0.717, 1.165) is 0 Å². The van der Waals surface area contributed by atoms with Crippen molar-refractivity contribution in [2.24, 2.45) is 0 Å². The molecule has 0 unspecified atom stereocenters. The zero-order valence-electron chi connectivity index (χ0n) is 7.36. The smallest absolute Gasteiger partial charge is 0.356 e. The highest BCUT2D eigenvalue weighted by molar-refractivity contribution is 5.86. The van der Waals surface area contributed by atoms with Crippen LogP contribution in [-0.2, 0) is 0 Å². The SMILES string of the molecule is Cc1cc(F)c2nc(C(=O)O)cn2c1. The van der Waals surface area contributed by atoms with Crippen LogP contribution >= 0.6 is 0 Å². The number of carbonyl (C=O) groups is 1. The van der Waals surface area contributed by atoms with Gasteiger partial charge in [0.1, 0.15) is 0 Å². The van der Waals surface area contributed by atoms with Crippen molar-refractivity contribution < 1.29 is 14.3 Å². The van der Waals surface area contributed by atoms with Gasteiger partial charge in [-0.25, -0.2) is 14.2 Å². The fourth-order valence-electron chi connectivity index (χ4n) is 1.29. The van der Waals surface area contributed by atoms with Crippen molar-refractivity contribution in [3.63, 3.8) is 0 Å².